The highest BCUT2D eigenvalue weighted by Crippen LogP contribution is 2.28. The molecule has 5 heteroatoms. The van der Waals surface area contributed by atoms with Gasteiger partial charge in [-0.1, -0.05) is 18.2 Å². The molecule has 1 amide bonds. The van der Waals surface area contributed by atoms with Crippen molar-refractivity contribution in [3.05, 3.63) is 47.3 Å². The fourth-order valence-corrected chi connectivity index (χ4v) is 3.37. The van der Waals surface area contributed by atoms with Gasteiger partial charge in [-0.2, -0.15) is 5.10 Å². The Morgan fingerprint density at radius 3 is 3.18 bits per heavy atom. The maximum Gasteiger partial charge on any atom is 0.226 e. The highest BCUT2D eigenvalue weighted by molar-refractivity contribution is 5.79. The van der Waals surface area contributed by atoms with Crippen molar-refractivity contribution in [3.63, 3.8) is 0 Å². The van der Waals surface area contributed by atoms with E-state index in [2.05, 4.69) is 16.3 Å². The van der Waals surface area contributed by atoms with Crippen LogP contribution in [0.5, 0.6) is 5.75 Å². The zero-order valence-electron chi connectivity index (χ0n) is 12.4. The molecule has 114 valence electrons. The van der Waals surface area contributed by atoms with Crippen molar-refractivity contribution >= 4 is 5.91 Å². The number of hydrogen-bond donors (Lipinski definition) is 1. The van der Waals surface area contributed by atoms with Crippen molar-refractivity contribution in [2.45, 2.75) is 25.8 Å². The van der Waals surface area contributed by atoms with Crippen LogP contribution in [0.3, 0.4) is 0 Å². The van der Waals surface area contributed by atoms with E-state index in [-0.39, 0.29) is 11.8 Å². The van der Waals surface area contributed by atoms with Gasteiger partial charge in [-0.05, 0) is 24.5 Å². The zero-order valence-corrected chi connectivity index (χ0v) is 12.4. The van der Waals surface area contributed by atoms with Gasteiger partial charge < -0.3 is 9.64 Å². The molecule has 0 saturated carbocycles. The number of benzene rings is 1. The van der Waals surface area contributed by atoms with Crippen LogP contribution >= 0.6 is 0 Å². The normalized spacial score (nSPS) is 20.5. The van der Waals surface area contributed by atoms with E-state index in [4.69, 9.17) is 4.74 Å². The maximum absolute atomic E-state index is 12.9. The first kappa shape index (κ1) is 13.4. The van der Waals surface area contributed by atoms with Gasteiger partial charge in [-0.3, -0.25) is 9.89 Å². The largest absolute Gasteiger partial charge is 0.493 e. The van der Waals surface area contributed by atoms with Gasteiger partial charge in [0.05, 0.1) is 12.8 Å². The predicted octanol–water partition coefficient (Wildman–Crippen LogP) is 1.94. The van der Waals surface area contributed by atoms with Gasteiger partial charge in [0, 0.05) is 36.7 Å². The second-order valence-electron chi connectivity index (χ2n) is 6.03. The smallest absolute Gasteiger partial charge is 0.226 e. The SMILES string of the molecule is O=C([C@@H]1CCOc2ccccc2C1)N1CCc2[nH]ncc2C1. The van der Waals surface area contributed by atoms with Crippen LogP contribution in [0.1, 0.15) is 23.2 Å². The fraction of sp³-hybridized carbons (Fsp3) is 0.412. The molecule has 0 radical (unpaired) electrons. The Hall–Kier alpha value is -2.30. The number of amides is 1. The maximum atomic E-state index is 12.9. The van der Waals surface area contributed by atoms with E-state index >= 15 is 0 Å². The summed E-state index contributed by atoms with van der Waals surface area (Å²) in [5.74, 6) is 1.18. The third kappa shape index (κ3) is 2.36. The van der Waals surface area contributed by atoms with Crippen molar-refractivity contribution in [2.24, 2.45) is 5.92 Å². The van der Waals surface area contributed by atoms with E-state index in [0.29, 0.717) is 13.2 Å². The molecule has 2 aliphatic rings. The number of carbonyl (C=O) groups excluding carboxylic acids is 1. The highest BCUT2D eigenvalue weighted by Gasteiger charge is 2.30. The monoisotopic (exact) mass is 297 g/mol. The first-order valence-corrected chi connectivity index (χ1v) is 7.82. The quantitative estimate of drug-likeness (QED) is 0.875. The van der Waals surface area contributed by atoms with Crippen LogP contribution in [0, 0.1) is 5.92 Å². The Bertz CT molecular complexity index is 695. The van der Waals surface area contributed by atoms with Crippen molar-refractivity contribution in [3.8, 4) is 5.75 Å². The molecule has 0 bridgehead atoms. The van der Waals surface area contributed by atoms with Crippen molar-refractivity contribution in [1.29, 1.82) is 0 Å². The van der Waals surface area contributed by atoms with Gasteiger partial charge in [0.2, 0.25) is 5.91 Å². The molecule has 1 aromatic heterocycles. The molecule has 0 unspecified atom stereocenters. The molecule has 5 nitrogen and oxygen atoms in total. The molecule has 0 fully saturated rings. The lowest BCUT2D eigenvalue weighted by Crippen LogP contribution is -2.40. The summed E-state index contributed by atoms with van der Waals surface area (Å²) >= 11 is 0. The number of ether oxygens (including phenoxy) is 1. The minimum Gasteiger partial charge on any atom is -0.493 e. The molecule has 22 heavy (non-hydrogen) atoms. The van der Waals surface area contributed by atoms with Crippen LogP contribution in [0.4, 0.5) is 0 Å². The molecular weight excluding hydrogens is 278 g/mol. The summed E-state index contributed by atoms with van der Waals surface area (Å²) in [6.07, 6.45) is 4.24. The van der Waals surface area contributed by atoms with Gasteiger partial charge in [0.15, 0.2) is 0 Å². The first-order valence-electron chi connectivity index (χ1n) is 7.82. The molecule has 1 atom stereocenters. The zero-order chi connectivity index (χ0) is 14.9. The fourth-order valence-electron chi connectivity index (χ4n) is 3.37. The molecule has 0 spiro atoms. The molecule has 3 heterocycles. The highest BCUT2D eigenvalue weighted by atomic mass is 16.5. The van der Waals surface area contributed by atoms with Crippen molar-refractivity contribution in [1.82, 2.24) is 15.1 Å². The third-order valence-electron chi connectivity index (χ3n) is 4.62. The number of rotatable bonds is 1. The van der Waals surface area contributed by atoms with Crippen LogP contribution in [0.25, 0.3) is 0 Å². The molecule has 4 rings (SSSR count). The summed E-state index contributed by atoms with van der Waals surface area (Å²) in [4.78, 5) is 14.9. The summed E-state index contributed by atoms with van der Waals surface area (Å²) in [5, 5.41) is 7.08. The minimum atomic E-state index is 0.0112. The molecule has 1 N–H and O–H groups in total. The van der Waals surface area contributed by atoms with Gasteiger partial charge in [-0.15, -0.1) is 0 Å². The van der Waals surface area contributed by atoms with E-state index in [1.165, 1.54) is 5.69 Å². The summed E-state index contributed by atoms with van der Waals surface area (Å²) in [5.41, 5.74) is 3.45. The van der Waals surface area contributed by atoms with Crippen LogP contribution in [0.2, 0.25) is 0 Å². The van der Waals surface area contributed by atoms with Gasteiger partial charge in [-0.25, -0.2) is 0 Å². The van der Waals surface area contributed by atoms with E-state index in [1.54, 1.807) is 0 Å². The second-order valence-corrected chi connectivity index (χ2v) is 6.03. The van der Waals surface area contributed by atoms with Crippen LogP contribution in [-0.2, 0) is 24.2 Å². The minimum absolute atomic E-state index is 0.0112. The standard InChI is InChI=1S/C17H19N3O2/c21-17(20-7-5-15-14(11-20)10-18-19-15)13-6-8-22-16-4-2-1-3-12(16)9-13/h1-4,10,13H,5-9,11H2,(H,18,19)/t13-/m1/s1. The molecule has 2 aliphatic heterocycles. The molecular formula is C17H19N3O2. The number of hydrogen-bond acceptors (Lipinski definition) is 3. The van der Waals surface area contributed by atoms with Gasteiger partial charge in [0.1, 0.15) is 5.75 Å². The van der Waals surface area contributed by atoms with E-state index < -0.39 is 0 Å². The van der Waals surface area contributed by atoms with Gasteiger partial charge in [0.25, 0.3) is 0 Å². The average Bonchev–Trinajstić information content (AvgIpc) is 2.91. The number of fused-ring (bicyclic) bond motifs is 2. The number of nitrogens with zero attached hydrogens (tertiary/aromatic N) is 2. The number of aromatic nitrogens is 2. The number of carbonyl (C=O) groups is 1. The Morgan fingerprint density at radius 1 is 1.32 bits per heavy atom. The van der Waals surface area contributed by atoms with E-state index in [9.17, 15) is 4.79 Å². The summed E-state index contributed by atoms with van der Waals surface area (Å²) < 4.78 is 5.77. The first-order chi connectivity index (χ1) is 10.8. The second kappa shape index (κ2) is 5.48. The summed E-state index contributed by atoms with van der Waals surface area (Å²) in [6.45, 7) is 2.05. The van der Waals surface area contributed by atoms with Crippen LogP contribution in [0.15, 0.2) is 30.5 Å². The van der Waals surface area contributed by atoms with E-state index in [1.807, 2.05) is 29.3 Å². The molecule has 1 aromatic carbocycles. The Balaban J connectivity index is 1.51. The third-order valence-corrected chi connectivity index (χ3v) is 4.62. The average molecular weight is 297 g/mol. The lowest BCUT2D eigenvalue weighted by Gasteiger charge is -2.29. The number of para-hydroxylation sites is 1. The topological polar surface area (TPSA) is 58.2 Å². The van der Waals surface area contributed by atoms with Crippen LogP contribution < -0.4 is 4.74 Å². The molecule has 2 aromatic rings. The Morgan fingerprint density at radius 2 is 2.23 bits per heavy atom. The lowest BCUT2D eigenvalue weighted by atomic mass is 9.94. The van der Waals surface area contributed by atoms with Gasteiger partial charge >= 0.3 is 0 Å². The van der Waals surface area contributed by atoms with Crippen molar-refractivity contribution < 1.29 is 9.53 Å². The molecule has 0 aliphatic carbocycles. The number of nitrogens with one attached hydrogen (secondary N) is 1. The van der Waals surface area contributed by atoms with Crippen molar-refractivity contribution in [2.75, 3.05) is 13.2 Å². The Kier molecular flexibility index (Phi) is 3.33. The van der Waals surface area contributed by atoms with E-state index in [0.717, 1.165) is 42.7 Å². The number of H-pyrrole nitrogens is 1. The summed E-state index contributed by atoms with van der Waals surface area (Å²) in [6, 6.07) is 8.03. The molecule has 0 saturated heterocycles. The Labute approximate surface area is 129 Å². The number of aromatic amines is 1. The lowest BCUT2D eigenvalue weighted by molar-refractivity contribution is -0.136. The van der Waals surface area contributed by atoms with Crippen LogP contribution in [-0.4, -0.2) is 34.2 Å². The predicted molar refractivity (Wildman–Crippen MR) is 81.5 cm³/mol. The summed E-state index contributed by atoms with van der Waals surface area (Å²) in [7, 11) is 0.